The van der Waals surface area contributed by atoms with Crippen LogP contribution in [0.1, 0.15) is 10.4 Å². The van der Waals surface area contributed by atoms with Gasteiger partial charge < -0.3 is 19.8 Å². The van der Waals surface area contributed by atoms with E-state index in [9.17, 15) is 9.18 Å². The van der Waals surface area contributed by atoms with Gasteiger partial charge >= 0.3 is 0 Å². The molecule has 4 aromatic rings. The van der Waals surface area contributed by atoms with E-state index in [2.05, 4.69) is 20.3 Å². The summed E-state index contributed by atoms with van der Waals surface area (Å²) >= 11 is 0. The second-order valence-electron chi connectivity index (χ2n) is 5.77. The average Bonchev–Trinajstić information content (AvgIpc) is 3.12. The Morgan fingerprint density at radius 1 is 1.19 bits per heavy atom. The van der Waals surface area contributed by atoms with Gasteiger partial charge in [0.05, 0.1) is 37.0 Å². The van der Waals surface area contributed by atoms with Gasteiger partial charge in [0.1, 0.15) is 5.52 Å². The molecule has 3 heterocycles. The highest BCUT2D eigenvalue weighted by Gasteiger charge is 2.17. The molecule has 0 aliphatic carbocycles. The normalized spacial score (nSPS) is 10.9. The third kappa shape index (κ3) is 2.91. The van der Waals surface area contributed by atoms with Gasteiger partial charge in [-0.25, -0.2) is 9.37 Å². The molecular weight excluding hydrogens is 351 g/mol. The predicted octanol–water partition coefficient (Wildman–Crippen LogP) is 3.52. The molecule has 3 aromatic heterocycles. The van der Waals surface area contributed by atoms with Crippen molar-refractivity contribution in [3.05, 3.63) is 54.1 Å². The number of nitrogens with one attached hydrogen (secondary N) is 2. The number of amides is 1. The molecule has 0 aliphatic rings. The summed E-state index contributed by atoms with van der Waals surface area (Å²) in [5.41, 5.74) is 2.52. The number of fused-ring (bicyclic) bond motifs is 3. The second kappa shape index (κ2) is 6.56. The molecule has 0 unspecified atom stereocenters. The number of aromatic amines is 1. The molecule has 1 aromatic carbocycles. The van der Waals surface area contributed by atoms with Gasteiger partial charge in [-0.05, 0) is 18.2 Å². The number of anilines is 1. The number of nitrogens with zero attached hydrogens (tertiary/aromatic N) is 2. The first kappa shape index (κ1) is 16.8. The minimum absolute atomic E-state index is 0.105. The summed E-state index contributed by atoms with van der Waals surface area (Å²) in [5, 5.41) is 3.30. The summed E-state index contributed by atoms with van der Waals surface area (Å²) in [5.74, 6) is -0.437. The maximum atomic E-state index is 13.9. The topological polar surface area (TPSA) is 89.1 Å². The molecule has 0 aliphatic heterocycles. The van der Waals surface area contributed by atoms with E-state index < -0.39 is 11.7 Å². The predicted molar refractivity (Wildman–Crippen MR) is 98.9 cm³/mol. The molecular formula is C19H15FN4O3. The highest BCUT2D eigenvalue weighted by Crippen LogP contribution is 2.28. The van der Waals surface area contributed by atoms with Crippen molar-refractivity contribution in [2.75, 3.05) is 19.5 Å². The third-order valence-electron chi connectivity index (χ3n) is 4.19. The summed E-state index contributed by atoms with van der Waals surface area (Å²) in [4.78, 5) is 24.6. The van der Waals surface area contributed by atoms with Crippen molar-refractivity contribution < 1.29 is 18.7 Å². The molecule has 2 N–H and O–H groups in total. The Labute approximate surface area is 153 Å². The van der Waals surface area contributed by atoms with Gasteiger partial charge in [0.15, 0.2) is 11.6 Å². The average molecular weight is 366 g/mol. The van der Waals surface area contributed by atoms with Gasteiger partial charge in [-0.3, -0.25) is 9.78 Å². The molecule has 0 bridgehead atoms. The number of rotatable bonds is 4. The number of H-pyrrole nitrogens is 1. The third-order valence-corrected chi connectivity index (χ3v) is 4.19. The summed E-state index contributed by atoms with van der Waals surface area (Å²) in [6.45, 7) is 0. The van der Waals surface area contributed by atoms with Crippen LogP contribution in [0, 0.1) is 5.82 Å². The minimum atomic E-state index is -0.560. The number of aromatic nitrogens is 3. The SMILES string of the molecule is COc1ccc2ncc3[nH]cc(C(=O)Nc4ccc(OC)c(F)c4)c3c2n1. The van der Waals surface area contributed by atoms with Gasteiger partial charge in [-0.1, -0.05) is 0 Å². The van der Waals surface area contributed by atoms with Gasteiger partial charge in [-0.15, -0.1) is 0 Å². The lowest BCUT2D eigenvalue weighted by atomic mass is 10.1. The zero-order valence-electron chi connectivity index (χ0n) is 14.5. The molecule has 0 saturated heterocycles. The molecule has 0 atom stereocenters. The second-order valence-corrected chi connectivity index (χ2v) is 5.77. The maximum Gasteiger partial charge on any atom is 0.257 e. The highest BCUT2D eigenvalue weighted by molar-refractivity contribution is 6.18. The first-order valence-electron chi connectivity index (χ1n) is 8.06. The van der Waals surface area contributed by atoms with E-state index >= 15 is 0 Å². The van der Waals surface area contributed by atoms with E-state index in [-0.39, 0.29) is 5.75 Å². The maximum absolute atomic E-state index is 13.9. The van der Waals surface area contributed by atoms with Crippen molar-refractivity contribution in [2.45, 2.75) is 0 Å². The number of halogens is 1. The monoisotopic (exact) mass is 366 g/mol. The van der Waals surface area contributed by atoms with E-state index in [1.807, 2.05) is 0 Å². The number of carbonyl (C=O) groups excluding carboxylic acids is 1. The fourth-order valence-electron chi connectivity index (χ4n) is 2.89. The number of hydrogen-bond acceptors (Lipinski definition) is 5. The number of carbonyl (C=O) groups is 1. The fourth-order valence-corrected chi connectivity index (χ4v) is 2.89. The van der Waals surface area contributed by atoms with Crippen LogP contribution in [0.2, 0.25) is 0 Å². The summed E-state index contributed by atoms with van der Waals surface area (Å²) in [6, 6.07) is 7.69. The standard InChI is InChI=1S/C19H15FN4O3/c1-26-15-5-3-10(7-12(15)20)23-19(25)11-8-21-14-9-22-13-4-6-16(27-2)24-18(13)17(11)14/h3-9,21H,1-2H3,(H,23,25). The molecule has 0 spiro atoms. The van der Waals surface area contributed by atoms with Crippen LogP contribution in [0.4, 0.5) is 10.1 Å². The lowest BCUT2D eigenvalue weighted by Crippen LogP contribution is -2.11. The van der Waals surface area contributed by atoms with Crippen LogP contribution in [0.3, 0.4) is 0 Å². The van der Waals surface area contributed by atoms with Crippen LogP contribution in [0.5, 0.6) is 11.6 Å². The Kier molecular flexibility index (Phi) is 4.08. The summed E-state index contributed by atoms with van der Waals surface area (Å²) < 4.78 is 23.9. The van der Waals surface area contributed by atoms with E-state index in [1.165, 1.54) is 26.4 Å². The van der Waals surface area contributed by atoms with Crippen LogP contribution in [-0.4, -0.2) is 35.1 Å². The molecule has 136 valence electrons. The largest absolute Gasteiger partial charge is 0.494 e. The van der Waals surface area contributed by atoms with Crippen molar-refractivity contribution in [3.63, 3.8) is 0 Å². The number of methoxy groups -OCH3 is 2. The Morgan fingerprint density at radius 2 is 2.04 bits per heavy atom. The van der Waals surface area contributed by atoms with Crippen molar-refractivity contribution in [1.82, 2.24) is 15.0 Å². The Bertz CT molecular complexity index is 1170. The van der Waals surface area contributed by atoms with Crippen LogP contribution in [-0.2, 0) is 0 Å². The number of benzene rings is 1. The molecule has 7 nitrogen and oxygen atoms in total. The van der Waals surface area contributed by atoms with Crippen molar-refractivity contribution in [2.24, 2.45) is 0 Å². The molecule has 0 saturated carbocycles. The van der Waals surface area contributed by atoms with E-state index in [1.54, 1.807) is 30.6 Å². The highest BCUT2D eigenvalue weighted by atomic mass is 19.1. The van der Waals surface area contributed by atoms with Crippen LogP contribution in [0.15, 0.2) is 42.7 Å². The first-order valence-corrected chi connectivity index (χ1v) is 8.06. The van der Waals surface area contributed by atoms with E-state index in [0.29, 0.717) is 39.1 Å². The minimum Gasteiger partial charge on any atom is -0.494 e. The Balaban J connectivity index is 1.77. The zero-order chi connectivity index (χ0) is 19.0. The molecule has 0 radical (unpaired) electrons. The fraction of sp³-hybridized carbons (Fsp3) is 0.105. The molecule has 0 fully saturated rings. The lowest BCUT2D eigenvalue weighted by Gasteiger charge is -2.08. The van der Waals surface area contributed by atoms with Crippen molar-refractivity contribution >= 4 is 33.5 Å². The van der Waals surface area contributed by atoms with E-state index in [4.69, 9.17) is 9.47 Å². The lowest BCUT2D eigenvalue weighted by molar-refractivity contribution is 0.102. The Morgan fingerprint density at radius 3 is 2.78 bits per heavy atom. The summed E-state index contributed by atoms with van der Waals surface area (Å²) in [7, 11) is 2.90. The van der Waals surface area contributed by atoms with Crippen molar-refractivity contribution in [1.29, 1.82) is 0 Å². The van der Waals surface area contributed by atoms with Crippen molar-refractivity contribution in [3.8, 4) is 11.6 Å². The van der Waals surface area contributed by atoms with E-state index in [0.717, 1.165) is 0 Å². The van der Waals surface area contributed by atoms with Crippen LogP contribution < -0.4 is 14.8 Å². The molecule has 8 heteroatoms. The van der Waals surface area contributed by atoms with Crippen LogP contribution >= 0.6 is 0 Å². The van der Waals surface area contributed by atoms with Crippen LogP contribution in [0.25, 0.3) is 21.9 Å². The zero-order valence-corrected chi connectivity index (χ0v) is 14.5. The molecule has 1 amide bonds. The molecule has 4 rings (SSSR count). The first-order chi connectivity index (χ1) is 13.1. The number of ether oxygens (including phenoxy) is 2. The Hall–Kier alpha value is -3.68. The smallest absolute Gasteiger partial charge is 0.257 e. The van der Waals surface area contributed by atoms with Gasteiger partial charge in [0, 0.05) is 29.4 Å². The number of hydrogen-bond donors (Lipinski definition) is 2. The van der Waals surface area contributed by atoms with Gasteiger partial charge in [0.2, 0.25) is 5.88 Å². The number of pyridine rings is 2. The van der Waals surface area contributed by atoms with Gasteiger partial charge in [0.25, 0.3) is 5.91 Å². The quantitative estimate of drug-likeness (QED) is 0.577. The summed E-state index contributed by atoms with van der Waals surface area (Å²) in [6.07, 6.45) is 3.21. The van der Waals surface area contributed by atoms with Gasteiger partial charge in [-0.2, -0.15) is 0 Å². The molecule has 27 heavy (non-hydrogen) atoms.